The fourth-order valence-electron chi connectivity index (χ4n) is 1.71. The van der Waals surface area contributed by atoms with Gasteiger partial charge in [0.25, 0.3) is 11.6 Å². The zero-order valence-corrected chi connectivity index (χ0v) is 14.6. The second-order valence-corrected chi connectivity index (χ2v) is 6.44. The average Bonchev–Trinajstić information content (AvgIpc) is 2.50. The first-order chi connectivity index (χ1) is 11.9. The van der Waals surface area contributed by atoms with Gasteiger partial charge in [0, 0.05) is 18.6 Å². The molecule has 0 radical (unpaired) electrons. The third-order valence-electron chi connectivity index (χ3n) is 2.86. The molecule has 0 saturated carbocycles. The lowest BCUT2D eigenvalue weighted by Gasteiger charge is -2.21. The maximum atomic E-state index is 13.7. The number of alkyl halides is 2. The number of hydrogen-bond donors (Lipinski definition) is 1. The normalized spacial score (nSPS) is 11.6. The standard InChI is InChI=1S/C16H20F2N2O6/c1-15(2,3)26-14(22)19-10-16(17,18)9-8-13(21)25-12-6-4-11(5-7-12)20(23)24/h4-7H,8-10H2,1-3H3,(H,19,22). The first-order valence-corrected chi connectivity index (χ1v) is 7.68. The Bertz CT molecular complexity index is 656. The van der Waals surface area contributed by atoms with Crippen molar-refractivity contribution in [3.05, 3.63) is 34.4 Å². The van der Waals surface area contributed by atoms with Crippen LogP contribution in [0.25, 0.3) is 0 Å². The molecule has 0 unspecified atom stereocenters. The van der Waals surface area contributed by atoms with E-state index in [9.17, 15) is 28.5 Å². The van der Waals surface area contributed by atoms with Crippen molar-refractivity contribution in [3.8, 4) is 5.75 Å². The van der Waals surface area contributed by atoms with E-state index in [1.165, 1.54) is 12.1 Å². The number of carbonyl (C=O) groups is 2. The maximum absolute atomic E-state index is 13.7. The molecule has 0 aliphatic rings. The lowest BCUT2D eigenvalue weighted by molar-refractivity contribution is -0.384. The number of rotatable bonds is 7. The van der Waals surface area contributed by atoms with Crippen LogP contribution >= 0.6 is 0 Å². The van der Waals surface area contributed by atoms with E-state index < -0.39 is 47.9 Å². The van der Waals surface area contributed by atoms with E-state index in [-0.39, 0.29) is 11.4 Å². The molecule has 0 spiro atoms. The summed E-state index contributed by atoms with van der Waals surface area (Å²) in [6, 6.07) is 4.64. The number of nitrogens with one attached hydrogen (secondary N) is 1. The highest BCUT2D eigenvalue weighted by Crippen LogP contribution is 2.22. The van der Waals surface area contributed by atoms with Crippen molar-refractivity contribution in [1.82, 2.24) is 5.32 Å². The molecule has 0 bridgehead atoms. The Morgan fingerprint density at radius 2 is 1.77 bits per heavy atom. The average molecular weight is 374 g/mol. The molecule has 144 valence electrons. The van der Waals surface area contributed by atoms with Gasteiger partial charge in [-0.05, 0) is 32.9 Å². The molecule has 1 rings (SSSR count). The SMILES string of the molecule is CC(C)(C)OC(=O)NCC(F)(F)CCC(=O)Oc1ccc([N+](=O)[O-])cc1. The summed E-state index contributed by atoms with van der Waals surface area (Å²) in [6.45, 7) is 3.81. The number of nitro benzene ring substituents is 1. The molecule has 1 N–H and O–H groups in total. The second kappa shape index (κ2) is 8.54. The highest BCUT2D eigenvalue weighted by Gasteiger charge is 2.31. The van der Waals surface area contributed by atoms with Crippen molar-refractivity contribution in [2.45, 2.75) is 45.1 Å². The molecular weight excluding hydrogens is 354 g/mol. The number of nitro groups is 1. The molecule has 1 aromatic rings. The highest BCUT2D eigenvalue weighted by atomic mass is 19.3. The molecule has 1 aromatic carbocycles. The van der Waals surface area contributed by atoms with Gasteiger partial charge >= 0.3 is 12.1 Å². The van der Waals surface area contributed by atoms with Crippen LogP contribution in [-0.2, 0) is 9.53 Å². The number of ether oxygens (including phenoxy) is 2. The lowest BCUT2D eigenvalue weighted by Crippen LogP contribution is -2.40. The van der Waals surface area contributed by atoms with Gasteiger partial charge in [0.05, 0.1) is 17.9 Å². The van der Waals surface area contributed by atoms with Gasteiger partial charge in [0.15, 0.2) is 0 Å². The monoisotopic (exact) mass is 374 g/mol. The highest BCUT2D eigenvalue weighted by molar-refractivity contribution is 5.72. The summed E-state index contributed by atoms with van der Waals surface area (Å²) in [5.74, 6) is -4.24. The van der Waals surface area contributed by atoms with Crippen molar-refractivity contribution in [1.29, 1.82) is 0 Å². The summed E-state index contributed by atoms with van der Waals surface area (Å²) >= 11 is 0. The van der Waals surface area contributed by atoms with Gasteiger partial charge in [-0.25, -0.2) is 13.6 Å². The van der Waals surface area contributed by atoms with Gasteiger partial charge in [-0.2, -0.15) is 0 Å². The number of nitrogens with zero attached hydrogens (tertiary/aromatic N) is 1. The van der Waals surface area contributed by atoms with E-state index in [1.54, 1.807) is 20.8 Å². The zero-order chi connectivity index (χ0) is 20.0. The van der Waals surface area contributed by atoms with Gasteiger partial charge in [0.2, 0.25) is 0 Å². The summed E-state index contributed by atoms with van der Waals surface area (Å²) < 4.78 is 37.1. The molecule has 26 heavy (non-hydrogen) atoms. The third-order valence-corrected chi connectivity index (χ3v) is 2.86. The number of carbonyl (C=O) groups excluding carboxylic acids is 2. The van der Waals surface area contributed by atoms with E-state index in [4.69, 9.17) is 9.47 Å². The molecule has 0 saturated heterocycles. The van der Waals surface area contributed by atoms with Crippen LogP contribution in [0.5, 0.6) is 5.75 Å². The van der Waals surface area contributed by atoms with Crippen molar-refractivity contribution in [2.75, 3.05) is 6.54 Å². The van der Waals surface area contributed by atoms with Gasteiger partial charge in [-0.3, -0.25) is 14.9 Å². The Morgan fingerprint density at radius 1 is 1.19 bits per heavy atom. The first kappa shape index (κ1) is 21.3. The molecule has 0 atom stereocenters. The van der Waals surface area contributed by atoms with Crippen molar-refractivity contribution >= 4 is 17.7 Å². The zero-order valence-electron chi connectivity index (χ0n) is 14.6. The van der Waals surface area contributed by atoms with Crippen molar-refractivity contribution < 1.29 is 32.8 Å². The second-order valence-electron chi connectivity index (χ2n) is 6.44. The van der Waals surface area contributed by atoms with Crippen LogP contribution in [0.15, 0.2) is 24.3 Å². The Hall–Kier alpha value is -2.78. The number of non-ortho nitro benzene ring substituents is 1. The Balaban J connectivity index is 2.42. The van der Waals surface area contributed by atoms with Crippen molar-refractivity contribution in [3.63, 3.8) is 0 Å². The van der Waals surface area contributed by atoms with E-state index in [1.807, 2.05) is 5.32 Å². The molecule has 0 aromatic heterocycles. The van der Waals surface area contributed by atoms with Gasteiger partial charge < -0.3 is 14.8 Å². The van der Waals surface area contributed by atoms with Gasteiger partial charge in [0.1, 0.15) is 11.4 Å². The van der Waals surface area contributed by atoms with Gasteiger partial charge in [-0.1, -0.05) is 0 Å². The van der Waals surface area contributed by atoms with Crippen molar-refractivity contribution in [2.24, 2.45) is 0 Å². The summed E-state index contributed by atoms with van der Waals surface area (Å²) in [6.07, 6.45) is -2.42. The molecule has 10 heteroatoms. The fourth-order valence-corrected chi connectivity index (χ4v) is 1.71. The minimum absolute atomic E-state index is 0.01000. The quantitative estimate of drug-likeness (QED) is 0.339. The van der Waals surface area contributed by atoms with E-state index in [2.05, 4.69) is 0 Å². The number of hydrogen-bond acceptors (Lipinski definition) is 6. The van der Waals surface area contributed by atoms with Crippen LogP contribution in [0.1, 0.15) is 33.6 Å². The summed E-state index contributed by atoms with van der Waals surface area (Å²) in [4.78, 5) is 32.8. The molecule has 0 heterocycles. The Morgan fingerprint density at radius 3 is 2.27 bits per heavy atom. The number of alkyl carbamates (subject to hydrolysis) is 1. The predicted octanol–water partition coefficient (Wildman–Crippen LogP) is 3.44. The Kier molecular flexibility index (Phi) is 6.99. The van der Waals surface area contributed by atoms with Gasteiger partial charge in [-0.15, -0.1) is 0 Å². The number of esters is 1. The summed E-state index contributed by atoms with van der Waals surface area (Å²) in [5.41, 5.74) is -1.00. The predicted molar refractivity (Wildman–Crippen MR) is 87.1 cm³/mol. The number of benzene rings is 1. The summed E-state index contributed by atoms with van der Waals surface area (Å²) in [5, 5.41) is 12.5. The Labute approximate surface area is 148 Å². The smallest absolute Gasteiger partial charge is 0.407 e. The van der Waals surface area contributed by atoms with Crippen LogP contribution < -0.4 is 10.1 Å². The largest absolute Gasteiger partial charge is 0.444 e. The van der Waals surface area contributed by atoms with E-state index in [0.717, 1.165) is 12.1 Å². The lowest BCUT2D eigenvalue weighted by atomic mass is 10.2. The molecule has 1 amide bonds. The fraction of sp³-hybridized carbons (Fsp3) is 0.500. The van der Waals surface area contributed by atoms with Crippen LogP contribution in [0.3, 0.4) is 0 Å². The maximum Gasteiger partial charge on any atom is 0.407 e. The van der Waals surface area contributed by atoms with Crippen LogP contribution in [0.2, 0.25) is 0 Å². The number of amides is 1. The van der Waals surface area contributed by atoms with E-state index >= 15 is 0 Å². The van der Waals surface area contributed by atoms with Crippen LogP contribution in [0, 0.1) is 10.1 Å². The topological polar surface area (TPSA) is 108 Å². The molecule has 0 aliphatic carbocycles. The molecular formula is C16H20F2N2O6. The molecule has 8 nitrogen and oxygen atoms in total. The van der Waals surface area contributed by atoms with Crippen LogP contribution in [-0.4, -0.2) is 35.1 Å². The minimum atomic E-state index is -3.33. The minimum Gasteiger partial charge on any atom is -0.444 e. The van der Waals surface area contributed by atoms with E-state index in [0.29, 0.717) is 0 Å². The summed E-state index contributed by atoms with van der Waals surface area (Å²) in [7, 11) is 0. The molecule has 0 fully saturated rings. The van der Waals surface area contributed by atoms with Crippen LogP contribution in [0.4, 0.5) is 19.3 Å². The molecule has 0 aliphatic heterocycles. The third kappa shape index (κ3) is 8.36. The first-order valence-electron chi connectivity index (χ1n) is 7.68. The number of halogens is 2.